The molecule has 3 rings (SSSR count). The summed E-state index contributed by atoms with van der Waals surface area (Å²) in [4.78, 5) is 27.0. The smallest absolute Gasteiger partial charge is 0.247 e. The molecule has 0 saturated heterocycles. The fourth-order valence-electron chi connectivity index (χ4n) is 3.16. The molecule has 178 valence electrons. The fourth-order valence-corrected chi connectivity index (χ4v) is 3.42. The molecule has 2 amide bonds. The summed E-state index contributed by atoms with van der Waals surface area (Å²) in [5.74, 6) is 0.786. The fraction of sp³-hybridized carbons (Fsp3) is 0.231. The minimum absolute atomic E-state index is 0.0773. The van der Waals surface area contributed by atoms with Crippen LogP contribution in [0.3, 0.4) is 0 Å². The van der Waals surface area contributed by atoms with Gasteiger partial charge in [-0.1, -0.05) is 29.8 Å². The number of furan rings is 1. The van der Waals surface area contributed by atoms with E-state index in [0.29, 0.717) is 33.5 Å². The van der Waals surface area contributed by atoms with Crippen LogP contribution < -0.4 is 14.8 Å². The summed E-state index contributed by atoms with van der Waals surface area (Å²) in [6.45, 7) is 3.78. The third kappa shape index (κ3) is 7.15. The number of hydrogen-bond acceptors (Lipinski definition) is 5. The zero-order valence-electron chi connectivity index (χ0n) is 19.3. The van der Waals surface area contributed by atoms with E-state index in [1.54, 1.807) is 42.5 Å². The van der Waals surface area contributed by atoms with Crippen LogP contribution in [0.2, 0.25) is 5.02 Å². The minimum atomic E-state index is -0.364. The molecule has 0 aliphatic heterocycles. The van der Waals surface area contributed by atoms with E-state index in [2.05, 4.69) is 5.32 Å². The van der Waals surface area contributed by atoms with E-state index in [9.17, 15) is 9.59 Å². The van der Waals surface area contributed by atoms with Crippen LogP contribution in [-0.4, -0.2) is 36.5 Å². The van der Waals surface area contributed by atoms with Gasteiger partial charge < -0.3 is 24.1 Å². The molecule has 0 bridgehead atoms. The highest BCUT2D eigenvalue weighted by Gasteiger charge is 2.18. The molecule has 1 N–H and O–H groups in total. The van der Waals surface area contributed by atoms with Crippen molar-refractivity contribution in [1.82, 2.24) is 4.90 Å². The topological polar surface area (TPSA) is 81.0 Å². The highest BCUT2D eigenvalue weighted by Crippen LogP contribution is 2.37. The lowest BCUT2D eigenvalue weighted by Crippen LogP contribution is -2.36. The maximum absolute atomic E-state index is 13.0. The summed E-state index contributed by atoms with van der Waals surface area (Å²) in [7, 11) is 1.52. The number of rotatable bonds is 10. The van der Waals surface area contributed by atoms with Gasteiger partial charge in [0, 0.05) is 11.8 Å². The first-order valence-electron chi connectivity index (χ1n) is 10.7. The largest absolute Gasteiger partial charge is 0.493 e. The van der Waals surface area contributed by atoms with E-state index in [4.69, 9.17) is 25.5 Å². The highest BCUT2D eigenvalue weighted by molar-refractivity contribution is 6.32. The van der Waals surface area contributed by atoms with Gasteiger partial charge in [0.2, 0.25) is 11.8 Å². The van der Waals surface area contributed by atoms with Gasteiger partial charge in [-0.15, -0.1) is 0 Å². The summed E-state index contributed by atoms with van der Waals surface area (Å²) in [5, 5.41) is 3.16. The zero-order valence-corrected chi connectivity index (χ0v) is 20.0. The lowest BCUT2D eigenvalue weighted by molar-refractivity contribution is -0.131. The normalized spacial score (nSPS) is 11.0. The zero-order chi connectivity index (χ0) is 24.5. The second-order valence-electron chi connectivity index (χ2n) is 7.72. The number of benzene rings is 2. The predicted molar refractivity (Wildman–Crippen MR) is 132 cm³/mol. The molecule has 0 spiro atoms. The Morgan fingerprint density at radius 1 is 1.15 bits per heavy atom. The van der Waals surface area contributed by atoms with Crippen LogP contribution in [0.5, 0.6) is 11.5 Å². The predicted octanol–water partition coefficient (Wildman–Crippen LogP) is 5.41. The quantitative estimate of drug-likeness (QED) is 0.391. The Hall–Kier alpha value is -3.71. The standard InChI is InChI=1S/C26H27ClN2O5/c1-18(2)34-26-22(27)14-19(15-23(26)32-3)11-12-25(31)29(16-21-10-7-13-33-21)17-24(30)28-20-8-5-4-6-9-20/h4-15,18H,16-17H2,1-3H3,(H,28,30)/b12-11+. The van der Waals surface area contributed by atoms with Gasteiger partial charge >= 0.3 is 0 Å². The summed E-state index contributed by atoms with van der Waals surface area (Å²) < 4.78 is 16.5. The minimum Gasteiger partial charge on any atom is -0.493 e. The second-order valence-corrected chi connectivity index (χ2v) is 8.13. The van der Waals surface area contributed by atoms with Crippen LogP contribution in [-0.2, 0) is 16.1 Å². The van der Waals surface area contributed by atoms with Gasteiger partial charge in [0.25, 0.3) is 0 Å². The molecule has 0 saturated carbocycles. The molecule has 0 atom stereocenters. The SMILES string of the molecule is COc1cc(/C=C/C(=O)N(CC(=O)Nc2ccccc2)Cc2ccco2)cc(Cl)c1OC(C)C. The molecule has 2 aromatic carbocycles. The number of halogens is 1. The molecule has 0 radical (unpaired) electrons. The van der Waals surface area contributed by atoms with E-state index >= 15 is 0 Å². The second kappa shape index (κ2) is 12.0. The molecular formula is C26H27ClN2O5. The summed E-state index contributed by atoms with van der Waals surface area (Å²) in [5.41, 5.74) is 1.30. The molecule has 1 aromatic heterocycles. The van der Waals surface area contributed by atoms with Gasteiger partial charge in [0.05, 0.1) is 31.0 Å². The van der Waals surface area contributed by atoms with Gasteiger partial charge in [-0.05, 0) is 61.9 Å². The van der Waals surface area contributed by atoms with Crippen molar-refractivity contribution in [2.24, 2.45) is 0 Å². The first-order valence-corrected chi connectivity index (χ1v) is 11.1. The van der Waals surface area contributed by atoms with Gasteiger partial charge in [0.1, 0.15) is 12.3 Å². The summed E-state index contributed by atoms with van der Waals surface area (Å²) in [6, 6.07) is 15.9. The number of nitrogens with one attached hydrogen (secondary N) is 1. The summed E-state index contributed by atoms with van der Waals surface area (Å²) in [6.07, 6.45) is 4.44. The van der Waals surface area contributed by atoms with Crippen molar-refractivity contribution < 1.29 is 23.5 Å². The number of para-hydroxylation sites is 1. The van der Waals surface area contributed by atoms with Crippen molar-refractivity contribution in [3.63, 3.8) is 0 Å². The molecule has 8 heteroatoms. The molecular weight excluding hydrogens is 456 g/mol. The Balaban J connectivity index is 1.76. The van der Waals surface area contributed by atoms with Crippen LogP contribution in [0, 0.1) is 0 Å². The lowest BCUT2D eigenvalue weighted by Gasteiger charge is -2.20. The molecule has 34 heavy (non-hydrogen) atoms. The number of anilines is 1. The van der Waals surface area contributed by atoms with Crippen LogP contribution in [0.1, 0.15) is 25.2 Å². The average Bonchev–Trinajstić information content (AvgIpc) is 3.32. The molecule has 1 heterocycles. The maximum atomic E-state index is 13.0. The number of hydrogen-bond donors (Lipinski definition) is 1. The van der Waals surface area contributed by atoms with E-state index in [0.717, 1.165) is 0 Å². The number of methoxy groups -OCH3 is 1. The van der Waals surface area contributed by atoms with Crippen molar-refractivity contribution in [3.8, 4) is 11.5 Å². The van der Waals surface area contributed by atoms with Crippen molar-refractivity contribution in [1.29, 1.82) is 0 Å². The number of amides is 2. The molecule has 3 aromatic rings. The van der Waals surface area contributed by atoms with Crippen molar-refractivity contribution in [2.45, 2.75) is 26.5 Å². The van der Waals surface area contributed by atoms with Gasteiger partial charge in [-0.25, -0.2) is 0 Å². The first kappa shape index (κ1) is 24.9. The highest BCUT2D eigenvalue weighted by atomic mass is 35.5. The third-order valence-electron chi connectivity index (χ3n) is 4.65. The lowest BCUT2D eigenvalue weighted by atomic mass is 10.1. The number of carbonyl (C=O) groups excluding carboxylic acids is 2. The monoisotopic (exact) mass is 482 g/mol. The van der Waals surface area contributed by atoms with Crippen molar-refractivity contribution >= 4 is 35.2 Å². The van der Waals surface area contributed by atoms with Crippen LogP contribution in [0.15, 0.2) is 71.4 Å². The van der Waals surface area contributed by atoms with Gasteiger partial charge in [-0.2, -0.15) is 0 Å². The Morgan fingerprint density at radius 2 is 1.91 bits per heavy atom. The van der Waals surface area contributed by atoms with Crippen LogP contribution in [0.4, 0.5) is 5.69 Å². The van der Waals surface area contributed by atoms with Crippen LogP contribution >= 0.6 is 11.6 Å². The van der Waals surface area contributed by atoms with E-state index in [-0.39, 0.29) is 31.0 Å². The third-order valence-corrected chi connectivity index (χ3v) is 4.93. The summed E-state index contributed by atoms with van der Waals surface area (Å²) >= 11 is 6.38. The Bertz CT molecular complexity index is 1130. The molecule has 0 aliphatic carbocycles. The van der Waals surface area contributed by atoms with Crippen molar-refractivity contribution in [3.05, 3.63) is 83.3 Å². The molecule has 0 unspecified atom stereocenters. The first-order chi connectivity index (χ1) is 16.4. The van der Waals surface area contributed by atoms with E-state index in [1.165, 1.54) is 24.3 Å². The Kier molecular flexibility index (Phi) is 8.76. The molecule has 0 fully saturated rings. The molecule has 7 nitrogen and oxygen atoms in total. The number of nitrogens with zero attached hydrogens (tertiary/aromatic N) is 1. The molecule has 0 aliphatic rings. The number of ether oxygens (including phenoxy) is 2. The Morgan fingerprint density at radius 3 is 2.56 bits per heavy atom. The van der Waals surface area contributed by atoms with Crippen molar-refractivity contribution in [2.75, 3.05) is 19.0 Å². The van der Waals surface area contributed by atoms with Gasteiger partial charge in [-0.3, -0.25) is 9.59 Å². The average molecular weight is 483 g/mol. The van der Waals surface area contributed by atoms with Gasteiger partial charge in [0.15, 0.2) is 11.5 Å². The number of carbonyl (C=O) groups is 2. The van der Waals surface area contributed by atoms with E-state index in [1.807, 2.05) is 32.0 Å². The van der Waals surface area contributed by atoms with E-state index < -0.39 is 0 Å². The van der Waals surface area contributed by atoms with Crippen LogP contribution in [0.25, 0.3) is 6.08 Å². The maximum Gasteiger partial charge on any atom is 0.247 e. The Labute approximate surface area is 203 Å².